The molecule has 0 fully saturated rings. The molecule has 0 saturated heterocycles. The van der Waals surface area contributed by atoms with Crippen LogP contribution in [-0.4, -0.2) is 22.2 Å². The number of pyridine rings is 1. The molecule has 0 aliphatic rings. The molecule has 1 aromatic heterocycles. The summed E-state index contributed by atoms with van der Waals surface area (Å²) >= 11 is 0. The van der Waals surface area contributed by atoms with Crippen molar-refractivity contribution in [1.29, 1.82) is 0 Å². The maximum atomic E-state index is 13.3. The predicted molar refractivity (Wildman–Crippen MR) is 71.4 cm³/mol. The van der Waals surface area contributed by atoms with E-state index in [2.05, 4.69) is 10.3 Å². The standard InChI is InChI=1S/C14H11FN2O4/c15-12-10(13(18)19)6-7-11(16-12)17-14(20)21-8-9-4-2-1-3-5-9/h1-7H,8H2,(H,18,19)(H,16,17,20). The molecule has 2 N–H and O–H groups in total. The van der Waals surface area contributed by atoms with Crippen molar-refractivity contribution in [2.24, 2.45) is 0 Å². The van der Waals surface area contributed by atoms with Gasteiger partial charge in [-0.1, -0.05) is 30.3 Å². The van der Waals surface area contributed by atoms with Gasteiger partial charge in [0.2, 0.25) is 5.95 Å². The smallest absolute Gasteiger partial charge is 0.413 e. The maximum absolute atomic E-state index is 13.3. The third-order valence-electron chi connectivity index (χ3n) is 2.52. The predicted octanol–water partition coefficient (Wildman–Crippen LogP) is 2.67. The number of aromatic carboxylic acids is 1. The second kappa shape index (κ2) is 6.47. The lowest BCUT2D eigenvalue weighted by atomic mass is 10.2. The number of carboxylic acid groups (broad SMARTS) is 1. The van der Waals surface area contributed by atoms with Gasteiger partial charge in [-0.2, -0.15) is 4.39 Å². The van der Waals surface area contributed by atoms with Crippen LogP contribution in [0.4, 0.5) is 15.0 Å². The zero-order valence-corrected chi connectivity index (χ0v) is 10.7. The number of nitrogens with zero attached hydrogens (tertiary/aromatic N) is 1. The highest BCUT2D eigenvalue weighted by Crippen LogP contribution is 2.10. The number of carbonyl (C=O) groups is 2. The van der Waals surface area contributed by atoms with Crippen LogP contribution in [0.3, 0.4) is 0 Å². The summed E-state index contributed by atoms with van der Waals surface area (Å²) in [6, 6.07) is 11.2. The molecular weight excluding hydrogens is 279 g/mol. The lowest BCUT2D eigenvalue weighted by molar-refractivity contribution is 0.0691. The molecule has 0 spiro atoms. The number of hydrogen-bond acceptors (Lipinski definition) is 4. The molecule has 0 aliphatic carbocycles. The highest BCUT2D eigenvalue weighted by atomic mass is 19.1. The summed E-state index contributed by atoms with van der Waals surface area (Å²) < 4.78 is 18.2. The van der Waals surface area contributed by atoms with Crippen LogP contribution >= 0.6 is 0 Å². The van der Waals surface area contributed by atoms with Gasteiger partial charge < -0.3 is 9.84 Å². The first-order valence-electron chi connectivity index (χ1n) is 5.94. The molecule has 0 aliphatic heterocycles. The SMILES string of the molecule is O=C(Nc1ccc(C(=O)O)c(F)n1)OCc1ccccc1. The fraction of sp³-hybridized carbons (Fsp3) is 0.0714. The molecule has 1 aromatic carbocycles. The summed E-state index contributed by atoms with van der Waals surface area (Å²) in [5.41, 5.74) is 0.228. The third-order valence-corrected chi connectivity index (χ3v) is 2.52. The monoisotopic (exact) mass is 290 g/mol. The number of rotatable bonds is 4. The van der Waals surface area contributed by atoms with Gasteiger partial charge in [0.1, 0.15) is 18.0 Å². The Morgan fingerprint density at radius 2 is 1.90 bits per heavy atom. The molecule has 7 heteroatoms. The van der Waals surface area contributed by atoms with E-state index in [1.165, 1.54) is 6.07 Å². The minimum atomic E-state index is -1.43. The van der Waals surface area contributed by atoms with E-state index < -0.39 is 23.6 Å². The van der Waals surface area contributed by atoms with Crippen molar-refractivity contribution in [2.45, 2.75) is 6.61 Å². The van der Waals surface area contributed by atoms with Gasteiger partial charge in [0.15, 0.2) is 0 Å². The second-order valence-corrected chi connectivity index (χ2v) is 4.03. The summed E-state index contributed by atoms with van der Waals surface area (Å²) in [6.07, 6.45) is -0.811. The summed E-state index contributed by atoms with van der Waals surface area (Å²) in [7, 11) is 0. The zero-order valence-electron chi connectivity index (χ0n) is 10.7. The molecular formula is C14H11FN2O4. The molecule has 0 radical (unpaired) electrons. The minimum absolute atomic E-state index is 0.0579. The van der Waals surface area contributed by atoms with Crippen LogP contribution in [0.2, 0.25) is 0 Å². The molecule has 0 saturated carbocycles. The molecule has 2 aromatic rings. The summed E-state index contributed by atoms with van der Waals surface area (Å²) in [5.74, 6) is -2.74. The number of anilines is 1. The second-order valence-electron chi connectivity index (χ2n) is 4.03. The topological polar surface area (TPSA) is 88.5 Å². The number of nitrogens with one attached hydrogen (secondary N) is 1. The zero-order chi connectivity index (χ0) is 15.2. The van der Waals surface area contributed by atoms with Crippen LogP contribution in [0.15, 0.2) is 42.5 Å². The number of halogens is 1. The minimum Gasteiger partial charge on any atom is -0.478 e. The first-order chi connectivity index (χ1) is 10.1. The van der Waals surface area contributed by atoms with Gasteiger partial charge in [-0.15, -0.1) is 0 Å². The van der Waals surface area contributed by atoms with Crippen LogP contribution in [-0.2, 0) is 11.3 Å². The van der Waals surface area contributed by atoms with E-state index in [0.717, 1.165) is 11.6 Å². The van der Waals surface area contributed by atoms with Gasteiger partial charge in [0.05, 0.1) is 0 Å². The van der Waals surface area contributed by atoms with Gasteiger partial charge in [0.25, 0.3) is 0 Å². The number of amides is 1. The normalized spacial score (nSPS) is 9.95. The Hall–Kier alpha value is -2.96. The van der Waals surface area contributed by atoms with E-state index in [-0.39, 0.29) is 12.4 Å². The Balaban J connectivity index is 1.94. The van der Waals surface area contributed by atoms with Crippen LogP contribution < -0.4 is 5.32 Å². The van der Waals surface area contributed by atoms with Gasteiger partial charge in [-0.3, -0.25) is 5.32 Å². The molecule has 108 valence electrons. The molecule has 0 atom stereocenters. The number of aromatic nitrogens is 1. The fourth-order valence-electron chi connectivity index (χ4n) is 1.53. The molecule has 0 unspecified atom stereocenters. The Bertz CT molecular complexity index is 661. The van der Waals surface area contributed by atoms with Crippen molar-refractivity contribution < 1.29 is 23.8 Å². The van der Waals surface area contributed by atoms with Crippen molar-refractivity contribution in [3.63, 3.8) is 0 Å². The van der Waals surface area contributed by atoms with E-state index in [1.54, 1.807) is 24.3 Å². The number of ether oxygens (including phenoxy) is 1. The quantitative estimate of drug-likeness (QED) is 0.845. The Kier molecular flexibility index (Phi) is 4.45. The number of carbonyl (C=O) groups excluding carboxylic acids is 1. The van der Waals surface area contributed by atoms with Gasteiger partial charge in [-0.25, -0.2) is 14.6 Å². The number of benzene rings is 1. The maximum Gasteiger partial charge on any atom is 0.413 e. The highest BCUT2D eigenvalue weighted by molar-refractivity contribution is 5.88. The average molecular weight is 290 g/mol. The van der Waals surface area contributed by atoms with Crippen molar-refractivity contribution in [3.8, 4) is 0 Å². The van der Waals surface area contributed by atoms with Gasteiger partial charge in [0, 0.05) is 0 Å². The number of carboxylic acids is 1. The van der Waals surface area contributed by atoms with E-state index in [0.29, 0.717) is 0 Å². The average Bonchev–Trinajstić information content (AvgIpc) is 2.46. The lowest BCUT2D eigenvalue weighted by Gasteiger charge is -2.07. The van der Waals surface area contributed by atoms with E-state index >= 15 is 0 Å². The molecule has 6 nitrogen and oxygen atoms in total. The summed E-state index contributed by atoms with van der Waals surface area (Å²) in [5, 5.41) is 10.9. The Morgan fingerprint density at radius 1 is 1.19 bits per heavy atom. The van der Waals surface area contributed by atoms with Crippen LogP contribution in [0.1, 0.15) is 15.9 Å². The van der Waals surface area contributed by atoms with Crippen molar-refractivity contribution in [2.75, 3.05) is 5.32 Å². The molecule has 1 heterocycles. The van der Waals surface area contributed by atoms with Crippen molar-refractivity contribution in [1.82, 2.24) is 4.98 Å². The molecule has 21 heavy (non-hydrogen) atoms. The van der Waals surface area contributed by atoms with E-state index in [9.17, 15) is 14.0 Å². The molecule has 0 bridgehead atoms. The van der Waals surface area contributed by atoms with Crippen LogP contribution in [0.5, 0.6) is 0 Å². The Morgan fingerprint density at radius 3 is 2.52 bits per heavy atom. The van der Waals surface area contributed by atoms with Crippen LogP contribution in [0, 0.1) is 5.95 Å². The molecule has 1 amide bonds. The highest BCUT2D eigenvalue weighted by Gasteiger charge is 2.13. The van der Waals surface area contributed by atoms with Gasteiger partial charge in [-0.05, 0) is 17.7 Å². The third kappa shape index (κ3) is 4.00. The van der Waals surface area contributed by atoms with E-state index in [4.69, 9.17) is 9.84 Å². The number of hydrogen-bond donors (Lipinski definition) is 2. The Labute approximate surface area is 119 Å². The van der Waals surface area contributed by atoms with Crippen molar-refractivity contribution in [3.05, 3.63) is 59.5 Å². The first-order valence-corrected chi connectivity index (χ1v) is 5.94. The summed E-state index contributed by atoms with van der Waals surface area (Å²) in [4.78, 5) is 25.5. The first kappa shape index (κ1) is 14.4. The van der Waals surface area contributed by atoms with Crippen molar-refractivity contribution >= 4 is 17.9 Å². The largest absolute Gasteiger partial charge is 0.478 e. The van der Waals surface area contributed by atoms with E-state index in [1.807, 2.05) is 6.07 Å². The summed E-state index contributed by atoms with van der Waals surface area (Å²) in [6.45, 7) is 0.0579. The lowest BCUT2D eigenvalue weighted by Crippen LogP contribution is -2.15. The van der Waals surface area contributed by atoms with Crippen LogP contribution in [0.25, 0.3) is 0 Å². The van der Waals surface area contributed by atoms with Gasteiger partial charge >= 0.3 is 12.1 Å². The molecule has 2 rings (SSSR count). The fourth-order valence-corrected chi connectivity index (χ4v) is 1.53.